The number of nitrogens with one attached hydrogen (secondary N) is 3. The largest absolute Gasteiger partial charge is 0.371 e. The highest BCUT2D eigenvalue weighted by Gasteiger charge is 2.20. The summed E-state index contributed by atoms with van der Waals surface area (Å²) in [4.78, 5) is 27.8. The average Bonchev–Trinajstić information content (AvgIpc) is 2.85. The predicted molar refractivity (Wildman–Crippen MR) is 129 cm³/mol. The van der Waals surface area contributed by atoms with E-state index in [-0.39, 0.29) is 11.6 Å². The highest BCUT2D eigenvalue weighted by molar-refractivity contribution is 6.04. The van der Waals surface area contributed by atoms with E-state index in [1.165, 1.54) is 18.6 Å². The Morgan fingerprint density at radius 1 is 0.848 bits per heavy atom. The van der Waals surface area contributed by atoms with E-state index in [2.05, 4.69) is 20.9 Å². The fourth-order valence-corrected chi connectivity index (χ4v) is 3.93. The van der Waals surface area contributed by atoms with Crippen LogP contribution in [0.4, 0.5) is 26.2 Å². The van der Waals surface area contributed by atoms with Crippen molar-refractivity contribution < 1.29 is 14.0 Å². The number of rotatable bonds is 6. The van der Waals surface area contributed by atoms with E-state index in [0.717, 1.165) is 37.2 Å². The molecule has 170 valence electrons. The Morgan fingerprint density at radius 3 is 2.33 bits per heavy atom. The van der Waals surface area contributed by atoms with E-state index in [1.807, 2.05) is 36.4 Å². The molecule has 1 aliphatic heterocycles. The molecule has 0 saturated carbocycles. The molecule has 0 aromatic heterocycles. The first-order valence-electron chi connectivity index (χ1n) is 11.1. The van der Waals surface area contributed by atoms with Crippen LogP contribution >= 0.6 is 0 Å². The minimum absolute atomic E-state index is 0.0840. The number of halogens is 1. The SMILES string of the molecule is O=C(Nc1ccc(N2CCCCC2)c(C(=O)NCc2ccccc2)c1)Nc1ccccc1F. The second-order valence-electron chi connectivity index (χ2n) is 8.01. The van der Waals surface area contributed by atoms with E-state index < -0.39 is 11.8 Å². The summed E-state index contributed by atoms with van der Waals surface area (Å²) in [7, 11) is 0. The fourth-order valence-electron chi connectivity index (χ4n) is 3.93. The number of hydrogen-bond donors (Lipinski definition) is 3. The summed E-state index contributed by atoms with van der Waals surface area (Å²) >= 11 is 0. The third kappa shape index (κ3) is 5.88. The summed E-state index contributed by atoms with van der Waals surface area (Å²) in [6, 6.07) is 20.4. The van der Waals surface area contributed by atoms with Gasteiger partial charge in [-0.15, -0.1) is 0 Å². The number of amides is 3. The Balaban J connectivity index is 1.52. The normalized spacial score (nSPS) is 13.3. The molecule has 0 radical (unpaired) electrons. The third-order valence-corrected chi connectivity index (χ3v) is 5.61. The monoisotopic (exact) mass is 446 g/mol. The van der Waals surface area contributed by atoms with Crippen molar-refractivity contribution in [2.75, 3.05) is 28.6 Å². The second kappa shape index (κ2) is 10.6. The number of nitrogens with zero attached hydrogens (tertiary/aromatic N) is 1. The quantitative estimate of drug-likeness (QED) is 0.475. The van der Waals surface area contributed by atoms with Crippen molar-refractivity contribution >= 4 is 29.0 Å². The molecular formula is C26H27FN4O2. The van der Waals surface area contributed by atoms with Gasteiger partial charge in [0.1, 0.15) is 5.82 Å². The van der Waals surface area contributed by atoms with Gasteiger partial charge in [-0.1, -0.05) is 42.5 Å². The lowest BCUT2D eigenvalue weighted by molar-refractivity contribution is 0.0951. The summed E-state index contributed by atoms with van der Waals surface area (Å²) in [5.74, 6) is -0.730. The van der Waals surface area contributed by atoms with Gasteiger partial charge in [-0.2, -0.15) is 0 Å². The highest BCUT2D eigenvalue weighted by atomic mass is 19.1. The molecule has 1 heterocycles. The fraction of sp³-hybridized carbons (Fsp3) is 0.231. The molecule has 0 bridgehead atoms. The molecule has 0 spiro atoms. The Morgan fingerprint density at radius 2 is 1.58 bits per heavy atom. The Kier molecular flexibility index (Phi) is 7.19. The zero-order valence-electron chi connectivity index (χ0n) is 18.3. The minimum Gasteiger partial charge on any atom is -0.371 e. The lowest BCUT2D eigenvalue weighted by Gasteiger charge is -2.30. The van der Waals surface area contributed by atoms with Crippen LogP contribution in [0.1, 0.15) is 35.2 Å². The van der Waals surface area contributed by atoms with Crippen LogP contribution in [0.15, 0.2) is 72.8 Å². The molecule has 1 fully saturated rings. The Labute approximate surface area is 192 Å². The summed E-state index contributed by atoms with van der Waals surface area (Å²) in [6.07, 6.45) is 3.34. The summed E-state index contributed by atoms with van der Waals surface area (Å²) in [5, 5.41) is 8.18. The number of urea groups is 1. The number of piperidine rings is 1. The van der Waals surface area contributed by atoms with Crippen molar-refractivity contribution in [2.24, 2.45) is 0 Å². The molecule has 0 unspecified atom stereocenters. The van der Waals surface area contributed by atoms with Crippen LogP contribution in [-0.4, -0.2) is 25.0 Å². The smallest absolute Gasteiger partial charge is 0.323 e. The average molecular weight is 447 g/mol. The molecule has 3 aromatic rings. The molecule has 33 heavy (non-hydrogen) atoms. The maximum absolute atomic E-state index is 13.8. The van der Waals surface area contributed by atoms with Crippen molar-refractivity contribution in [1.82, 2.24) is 5.32 Å². The minimum atomic E-state index is -0.582. The molecule has 3 aromatic carbocycles. The first-order chi connectivity index (χ1) is 16.1. The van der Waals surface area contributed by atoms with Gasteiger partial charge in [0.15, 0.2) is 0 Å². The maximum Gasteiger partial charge on any atom is 0.323 e. The molecule has 4 rings (SSSR count). The number of hydrogen-bond acceptors (Lipinski definition) is 3. The Hall–Kier alpha value is -3.87. The number of carbonyl (C=O) groups excluding carboxylic acids is 2. The maximum atomic E-state index is 13.8. The Bertz CT molecular complexity index is 1110. The van der Waals surface area contributed by atoms with Crippen LogP contribution in [0.2, 0.25) is 0 Å². The van der Waals surface area contributed by atoms with Crippen molar-refractivity contribution in [1.29, 1.82) is 0 Å². The highest BCUT2D eigenvalue weighted by Crippen LogP contribution is 2.27. The number of anilines is 3. The van der Waals surface area contributed by atoms with E-state index in [1.54, 1.807) is 24.3 Å². The van der Waals surface area contributed by atoms with Gasteiger partial charge in [0.2, 0.25) is 0 Å². The molecule has 7 heteroatoms. The van der Waals surface area contributed by atoms with E-state index in [4.69, 9.17) is 0 Å². The van der Waals surface area contributed by atoms with Crippen LogP contribution in [0.5, 0.6) is 0 Å². The molecule has 0 atom stereocenters. The molecule has 1 aliphatic rings. The van der Waals surface area contributed by atoms with Crippen LogP contribution < -0.4 is 20.9 Å². The topological polar surface area (TPSA) is 73.5 Å². The van der Waals surface area contributed by atoms with Gasteiger partial charge in [-0.05, 0) is 55.2 Å². The lowest BCUT2D eigenvalue weighted by atomic mass is 10.1. The van der Waals surface area contributed by atoms with Crippen molar-refractivity contribution in [2.45, 2.75) is 25.8 Å². The molecular weight excluding hydrogens is 419 g/mol. The van der Waals surface area contributed by atoms with Gasteiger partial charge in [-0.25, -0.2) is 9.18 Å². The summed E-state index contributed by atoms with van der Waals surface area (Å²) in [6.45, 7) is 2.18. The predicted octanol–water partition coefficient (Wildman–Crippen LogP) is 5.39. The summed E-state index contributed by atoms with van der Waals surface area (Å²) < 4.78 is 13.8. The van der Waals surface area contributed by atoms with Gasteiger partial charge in [0.05, 0.1) is 11.3 Å². The molecule has 1 saturated heterocycles. The number of carbonyl (C=O) groups is 2. The van der Waals surface area contributed by atoms with Crippen molar-refractivity contribution in [3.63, 3.8) is 0 Å². The zero-order valence-corrected chi connectivity index (χ0v) is 18.3. The van der Waals surface area contributed by atoms with Crippen molar-refractivity contribution in [3.8, 4) is 0 Å². The van der Waals surface area contributed by atoms with E-state index >= 15 is 0 Å². The molecule has 6 nitrogen and oxygen atoms in total. The number of para-hydroxylation sites is 1. The van der Waals surface area contributed by atoms with Gasteiger partial charge in [0.25, 0.3) is 5.91 Å². The van der Waals surface area contributed by atoms with Crippen LogP contribution in [0.3, 0.4) is 0 Å². The van der Waals surface area contributed by atoms with Crippen LogP contribution in [0.25, 0.3) is 0 Å². The first kappa shape index (κ1) is 22.3. The van der Waals surface area contributed by atoms with Crippen molar-refractivity contribution in [3.05, 3.63) is 89.7 Å². The van der Waals surface area contributed by atoms with Gasteiger partial charge in [0, 0.05) is 31.0 Å². The first-order valence-corrected chi connectivity index (χ1v) is 11.1. The van der Waals surface area contributed by atoms with E-state index in [0.29, 0.717) is 17.8 Å². The lowest BCUT2D eigenvalue weighted by Crippen LogP contribution is -2.33. The third-order valence-electron chi connectivity index (χ3n) is 5.61. The summed E-state index contributed by atoms with van der Waals surface area (Å²) in [5.41, 5.74) is 2.89. The van der Waals surface area contributed by atoms with E-state index in [9.17, 15) is 14.0 Å². The van der Waals surface area contributed by atoms with Gasteiger partial charge < -0.3 is 20.9 Å². The molecule has 3 N–H and O–H groups in total. The van der Waals surface area contributed by atoms with Gasteiger partial charge >= 0.3 is 6.03 Å². The van der Waals surface area contributed by atoms with Crippen LogP contribution in [-0.2, 0) is 6.54 Å². The standard InChI is InChI=1S/C26H27FN4O2/c27-22-11-5-6-12-23(22)30-26(33)29-20-13-14-24(31-15-7-2-8-16-31)21(17-20)25(32)28-18-19-9-3-1-4-10-19/h1,3-6,9-14,17H,2,7-8,15-16,18H2,(H,28,32)(H2,29,30,33). The van der Waals surface area contributed by atoms with Crippen LogP contribution in [0, 0.1) is 5.82 Å². The molecule has 3 amide bonds. The van der Waals surface area contributed by atoms with Gasteiger partial charge in [-0.3, -0.25) is 4.79 Å². The zero-order chi connectivity index (χ0) is 23.0. The number of benzene rings is 3. The molecule has 0 aliphatic carbocycles. The second-order valence-corrected chi connectivity index (χ2v) is 8.01.